The van der Waals surface area contributed by atoms with Gasteiger partial charge in [-0.3, -0.25) is 9.36 Å². The molecule has 0 heterocycles. The highest BCUT2D eigenvalue weighted by molar-refractivity contribution is 7.58. The number of carbonyl (C=O) groups excluding carboxylic acids is 1. The van der Waals surface area contributed by atoms with Gasteiger partial charge >= 0.3 is 12.1 Å². The van der Waals surface area contributed by atoms with Crippen LogP contribution in [0.15, 0.2) is 91.0 Å². The van der Waals surface area contributed by atoms with Gasteiger partial charge in [0.25, 0.3) is 0 Å². The predicted octanol–water partition coefficient (Wildman–Crippen LogP) is 5.72. The summed E-state index contributed by atoms with van der Waals surface area (Å²) in [5, 5.41) is 11.6. The SMILES string of the molecule is O=C(O)CCC(NC(=O)OC(OCc1ccccc1)c1ccccc1)P(=O)(O)CCCc1ccccc1. The largest absolute Gasteiger partial charge is 0.481 e. The Kier molecular flexibility index (Phi) is 10.9. The molecule has 3 aromatic carbocycles. The summed E-state index contributed by atoms with van der Waals surface area (Å²) < 4.78 is 24.5. The van der Waals surface area contributed by atoms with E-state index in [0.717, 1.165) is 11.1 Å². The molecule has 8 nitrogen and oxygen atoms in total. The van der Waals surface area contributed by atoms with Crippen molar-refractivity contribution in [3.63, 3.8) is 0 Å². The summed E-state index contributed by atoms with van der Waals surface area (Å²) in [5.74, 6) is -2.39. The predicted molar refractivity (Wildman–Crippen MR) is 140 cm³/mol. The third-order valence-electron chi connectivity index (χ3n) is 5.72. The molecule has 0 radical (unpaired) electrons. The molecule has 0 aliphatic heterocycles. The first kappa shape index (κ1) is 28.1. The van der Waals surface area contributed by atoms with Crippen LogP contribution in [0.25, 0.3) is 0 Å². The van der Waals surface area contributed by atoms with Gasteiger partial charge in [0.05, 0.1) is 6.61 Å². The Labute approximate surface area is 216 Å². The van der Waals surface area contributed by atoms with Crippen molar-refractivity contribution < 1.29 is 33.6 Å². The van der Waals surface area contributed by atoms with E-state index in [9.17, 15) is 19.0 Å². The average molecular weight is 526 g/mol. The molecule has 0 spiro atoms. The number of ether oxygens (including phenoxy) is 2. The highest BCUT2D eigenvalue weighted by Gasteiger charge is 2.33. The van der Waals surface area contributed by atoms with Crippen LogP contribution >= 0.6 is 7.37 Å². The monoisotopic (exact) mass is 525 g/mol. The van der Waals surface area contributed by atoms with Gasteiger partial charge in [0.1, 0.15) is 5.78 Å². The number of hydrogen-bond acceptors (Lipinski definition) is 5. The molecule has 3 N–H and O–H groups in total. The summed E-state index contributed by atoms with van der Waals surface area (Å²) in [7, 11) is -3.94. The summed E-state index contributed by atoms with van der Waals surface area (Å²) in [6.45, 7) is 0.175. The third kappa shape index (κ3) is 9.84. The number of nitrogens with one attached hydrogen (secondary N) is 1. The zero-order valence-corrected chi connectivity index (χ0v) is 21.3. The summed E-state index contributed by atoms with van der Waals surface area (Å²) >= 11 is 0. The van der Waals surface area contributed by atoms with Crippen LogP contribution in [-0.2, 0) is 31.9 Å². The number of benzene rings is 3. The molecule has 1 amide bonds. The van der Waals surface area contributed by atoms with Crippen molar-refractivity contribution in [2.24, 2.45) is 0 Å². The van der Waals surface area contributed by atoms with Crippen LogP contribution in [0, 0.1) is 0 Å². The fourth-order valence-corrected chi connectivity index (χ4v) is 5.53. The fourth-order valence-electron chi connectivity index (χ4n) is 3.77. The van der Waals surface area contributed by atoms with Gasteiger partial charge in [0.15, 0.2) is 0 Å². The van der Waals surface area contributed by atoms with E-state index in [-0.39, 0.29) is 25.6 Å². The molecular formula is C28H32NO7P. The van der Waals surface area contributed by atoms with Gasteiger partial charge in [-0.05, 0) is 30.4 Å². The zero-order valence-electron chi connectivity index (χ0n) is 20.4. The lowest BCUT2D eigenvalue weighted by atomic mass is 10.1. The Balaban J connectivity index is 1.66. The van der Waals surface area contributed by atoms with Gasteiger partial charge in [-0.1, -0.05) is 91.0 Å². The molecule has 0 aromatic heterocycles. The van der Waals surface area contributed by atoms with Crippen LogP contribution < -0.4 is 5.32 Å². The Bertz CT molecular complexity index is 1160. The molecular weight excluding hydrogens is 493 g/mol. The molecule has 37 heavy (non-hydrogen) atoms. The summed E-state index contributed by atoms with van der Waals surface area (Å²) in [6, 6.07) is 27.8. The summed E-state index contributed by atoms with van der Waals surface area (Å²) in [5.41, 5.74) is 2.49. The molecule has 0 saturated heterocycles. The van der Waals surface area contributed by atoms with E-state index in [1.807, 2.05) is 66.7 Å². The lowest BCUT2D eigenvalue weighted by Gasteiger charge is -2.25. The number of rotatable bonds is 14. The quantitative estimate of drug-likeness (QED) is 0.182. The van der Waals surface area contributed by atoms with Crippen molar-refractivity contribution >= 4 is 19.4 Å². The number of amides is 1. The standard InChI is InChI=1S/C28H32NO7P/c30-26(31)19-18-25(37(33,34)20-10-15-22-11-4-1-5-12-22)29-28(32)36-27(24-16-8-3-9-17-24)35-21-23-13-6-2-7-14-23/h1-9,11-14,16-17,25,27H,10,15,18-21H2,(H,29,32)(H,30,31)(H,33,34). The van der Waals surface area contributed by atoms with Crippen LogP contribution in [0.1, 0.15) is 42.2 Å². The van der Waals surface area contributed by atoms with Crippen molar-refractivity contribution in [1.29, 1.82) is 0 Å². The van der Waals surface area contributed by atoms with Gasteiger partial charge in [-0.2, -0.15) is 0 Å². The number of alkyl carbamates (subject to hydrolysis) is 1. The number of carboxylic acids is 1. The van der Waals surface area contributed by atoms with E-state index in [0.29, 0.717) is 18.4 Å². The summed E-state index contributed by atoms with van der Waals surface area (Å²) in [4.78, 5) is 34.8. The molecule has 196 valence electrons. The molecule has 0 bridgehead atoms. The molecule has 3 aromatic rings. The number of hydrogen-bond donors (Lipinski definition) is 3. The van der Waals surface area contributed by atoms with Crippen LogP contribution in [0.5, 0.6) is 0 Å². The maximum Gasteiger partial charge on any atom is 0.410 e. The maximum absolute atomic E-state index is 13.2. The maximum atomic E-state index is 13.2. The number of aliphatic carboxylic acids is 1. The van der Waals surface area contributed by atoms with E-state index in [1.165, 1.54) is 0 Å². The Morgan fingerprint density at radius 1 is 0.865 bits per heavy atom. The van der Waals surface area contributed by atoms with Gasteiger partial charge in [-0.25, -0.2) is 4.79 Å². The first-order chi connectivity index (χ1) is 17.8. The van der Waals surface area contributed by atoms with Crippen LogP contribution in [-0.4, -0.2) is 34.0 Å². The van der Waals surface area contributed by atoms with E-state index in [1.54, 1.807) is 24.3 Å². The van der Waals surface area contributed by atoms with Crippen molar-refractivity contribution in [2.45, 2.75) is 44.4 Å². The lowest BCUT2D eigenvalue weighted by molar-refractivity contribution is -0.137. The average Bonchev–Trinajstić information content (AvgIpc) is 2.90. The Hall–Kier alpha value is -3.45. The van der Waals surface area contributed by atoms with Crippen molar-refractivity contribution in [3.8, 4) is 0 Å². The van der Waals surface area contributed by atoms with Gasteiger partial charge in [0, 0.05) is 18.1 Å². The second-order valence-electron chi connectivity index (χ2n) is 8.61. The van der Waals surface area contributed by atoms with E-state index < -0.39 is 31.5 Å². The van der Waals surface area contributed by atoms with Crippen LogP contribution in [0.3, 0.4) is 0 Å². The smallest absolute Gasteiger partial charge is 0.410 e. The van der Waals surface area contributed by atoms with Crippen molar-refractivity contribution in [1.82, 2.24) is 5.32 Å². The third-order valence-corrected chi connectivity index (χ3v) is 8.04. The van der Waals surface area contributed by atoms with Crippen molar-refractivity contribution in [2.75, 3.05) is 6.16 Å². The van der Waals surface area contributed by atoms with Crippen LogP contribution in [0.2, 0.25) is 0 Å². The Morgan fingerprint density at radius 2 is 1.43 bits per heavy atom. The second kappa shape index (κ2) is 14.3. The molecule has 9 heteroatoms. The van der Waals surface area contributed by atoms with E-state index in [4.69, 9.17) is 14.6 Å². The van der Waals surface area contributed by atoms with E-state index >= 15 is 0 Å². The molecule has 0 aliphatic rings. The molecule has 3 rings (SSSR count). The molecule has 0 saturated carbocycles. The second-order valence-corrected chi connectivity index (χ2v) is 11.2. The lowest BCUT2D eigenvalue weighted by Crippen LogP contribution is -2.37. The molecule has 0 aliphatic carbocycles. The normalized spacial score (nSPS) is 14.2. The van der Waals surface area contributed by atoms with Gasteiger partial charge < -0.3 is 24.8 Å². The zero-order chi connectivity index (χ0) is 26.5. The molecule has 3 unspecified atom stereocenters. The van der Waals surface area contributed by atoms with Crippen LogP contribution in [0.4, 0.5) is 4.79 Å². The van der Waals surface area contributed by atoms with Gasteiger partial charge in [-0.15, -0.1) is 0 Å². The topological polar surface area (TPSA) is 122 Å². The highest BCUT2D eigenvalue weighted by atomic mass is 31.2. The van der Waals surface area contributed by atoms with E-state index in [2.05, 4.69) is 5.32 Å². The first-order valence-corrected chi connectivity index (χ1v) is 14.0. The Morgan fingerprint density at radius 3 is 2.03 bits per heavy atom. The van der Waals surface area contributed by atoms with Gasteiger partial charge in [0.2, 0.25) is 13.7 Å². The molecule has 0 fully saturated rings. The first-order valence-electron chi connectivity index (χ1n) is 12.1. The fraction of sp³-hybridized carbons (Fsp3) is 0.286. The number of carboxylic acid groups (broad SMARTS) is 1. The minimum Gasteiger partial charge on any atom is -0.481 e. The molecule has 3 atom stereocenters. The summed E-state index contributed by atoms with van der Waals surface area (Å²) in [6.07, 6.45) is -1.69. The number of carbonyl (C=O) groups is 2. The highest BCUT2D eigenvalue weighted by Crippen LogP contribution is 2.47. The number of aryl methyl sites for hydroxylation is 1. The minimum atomic E-state index is -3.94. The van der Waals surface area contributed by atoms with Crippen molar-refractivity contribution in [3.05, 3.63) is 108 Å². The minimum absolute atomic E-state index is 0.0704.